The molecule has 1 fully saturated rings. The second-order valence-electron chi connectivity index (χ2n) is 7.92. The molecular formula is C25H26N2O4S. The van der Waals surface area contributed by atoms with Crippen LogP contribution in [-0.4, -0.2) is 27.5 Å². The van der Waals surface area contributed by atoms with Gasteiger partial charge in [-0.1, -0.05) is 30.3 Å². The van der Waals surface area contributed by atoms with Gasteiger partial charge in [-0.05, 0) is 73.9 Å². The molecule has 0 radical (unpaired) electrons. The first-order valence-electron chi connectivity index (χ1n) is 10.6. The molecular weight excluding hydrogens is 424 g/mol. The molecule has 1 amide bonds. The van der Waals surface area contributed by atoms with Crippen molar-refractivity contribution in [2.45, 2.75) is 30.1 Å². The third-order valence-corrected chi connectivity index (χ3v) is 7.07. The Kier molecular flexibility index (Phi) is 6.19. The van der Waals surface area contributed by atoms with Gasteiger partial charge in [0.1, 0.15) is 5.75 Å². The SMILES string of the molecule is CCOc1ccc(S(=O)(=O)Nc2ccc(C(=O)NCC3(c4ccccc4)CC3)cc2)cc1. The molecule has 0 aliphatic heterocycles. The van der Waals surface area contributed by atoms with Gasteiger partial charge in [0.15, 0.2) is 0 Å². The van der Waals surface area contributed by atoms with Gasteiger partial charge in [-0.3, -0.25) is 9.52 Å². The Morgan fingerprint density at radius 3 is 2.19 bits per heavy atom. The van der Waals surface area contributed by atoms with Crippen molar-refractivity contribution in [1.29, 1.82) is 0 Å². The Morgan fingerprint density at radius 2 is 1.59 bits per heavy atom. The fourth-order valence-corrected chi connectivity index (χ4v) is 4.71. The fraction of sp³-hybridized carbons (Fsp3) is 0.240. The molecule has 1 aliphatic rings. The number of nitrogens with one attached hydrogen (secondary N) is 2. The van der Waals surface area contributed by atoms with Gasteiger partial charge in [0, 0.05) is 23.2 Å². The Balaban J connectivity index is 1.37. The van der Waals surface area contributed by atoms with Crippen LogP contribution < -0.4 is 14.8 Å². The molecule has 0 bridgehead atoms. The predicted molar refractivity (Wildman–Crippen MR) is 125 cm³/mol. The summed E-state index contributed by atoms with van der Waals surface area (Å²) in [5, 5.41) is 3.02. The van der Waals surface area contributed by atoms with E-state index in [9.17, 15) is 13.2 Å². The zero-order valence-corrected chi connectivity index (χ0v) is 18.7. The number of hydrogen-bond acceptors (Lipinski definition) is 4. The topological polar surface area (TPSA) is 84.5 Å². The Morgan fingerprint density at radius 1 is 0.938 bits per heavy atom. The third kappa shape index (κ3) is 4.94. The molecule has 166 valence electrons. The summed E-state index contributed by atoms with van der Waals surface area (Å²) in [5.41, 5.74) is 2.15. The number of ether oxygens (including phenoxy) is 1. The van der Waals surface area contributed by atoms with E-state index in [1.54, 1.807) is 36.4 Å². The standard InChI is InChI=1S/C25H26N2O4S/c1-2-31-22-12-14-23(15-13-22)32(29,30)27-21-10-8-19(9-11-21)24(28)26-18-25(16-17-25)20-6-4-3-5-7-20/h3-15,27H,2,16-18H2,1H3,(H,26,28). The molecule has 0 unspecified atom stereocenters. The van der Waals surface area contributed by atoms with Crippen LogP contribution in [0.1, 0.15) is 35.7 Å². The number of anilines is 1. The van der Waals surface area contributed by atoms with E-state index in [-0.39, 0.29) is 16.2 Å². The molecule has 0 heterocycles. The Labute approximate surface area is 188 Å². The van der Waals surface area contributed by atoms with Crippen LogP contribution in [-0.2, 0) is 15.4 Å². The van der Waals surface area contributed by atoms with E-state index in [1.807, 2.05) is 25.1 Å². The minimum absolute atomic E-state index is 0.0320. The summed E-state index contributed by atoms with van der Waals surface area (Å²) < 4.78 is 33.1. The van der Waals surface area contributed by atoms with Gasteiger partial charge < -0.3 is 10.1 Å². The molecule has 32 heavy (non-hydrogen) atoms. The molecule has 0 saturated heterocycles. The monoisotopic (exact) mass is 450 g/mol. The maximum absolute atomic E-state index is 12.6. The van der Waals surface area contributed by atoms with Crippen molar-refractivity contribution in [3.8, 4) is 5.75 Å². The quantitative estimate of drug-likeness (QED) is 0.508. The number of rotatable bonds is 9. The molecule has 0 atom stereocenters. The molecule has 7 heteroatoms. The molecule has 1 aliphatic carbocycles. The summed E-state index contributed by atoms with van der Waals surface area (Å²) in [4.78, 5) is 12.7. The summed E-state index contributed by atoms with van der Waals surface area (Å²) >= 11 is 0. The van der Waals surface area contributed by atoms with E-state index < -0.39 is 10.0 Å². The van der Waals surface area contributed by atoms with E-state index in [1.165, 1.54) is 17.7 Å². The van der Waals surface area contributed by atoms with Crippen LogP contribution in [0.3, 0.4) is 0 Å². The lowest BCUT2D eigenvalue weighted by molar-refractivity contribution is 0.0949. The fourth-order valence-electron chi connectivity index (χ4n) is 3.65. The highest BCUT2D eigenvalue weighted by Gasteiger charge is 2.44. The van der Waals surface area contributed by atoms with E-state index in [2.05, 4.69) is 22.2 Å². The van der Waals surface area contributed by atoms with Gasteiger partial charge in [-0.2, -0.15) is 0 Å². The van der Waals surface area contributed by atoms with E-state index in [0.717, 1.165) is 12.8 Å². The number of sulfonamides is 1. The highest BCUT2D eigenvalue weighted by molar-refractivity contribution is 7.92. The molecule has 3 aromatic carbocycles. The largest absolute Gasteiger partial charge is 0.494 e. The second kappa shape index (κ2) is 9.04. The lowest BCUT2D eigenvalue weighted by atomic mass is 9.96. The number of benzene rings is 3. The van der Waals surface area contributed by atoms with E-state index >= 15 is 0 Å². The Hall–Kier alpha value is -3.32. The van der Waals surface area contributed by atoms with Crippen LogP contribution in [0.25, 0.3) is 0 Å². The van der Waals surface area contributed by atoms with Crippen molar-refractivity contribution in [3.63, 3.8) is 0 Å². The summed E-state index contributed by atoms with van der Waals surface area (Å²) in [7, 11) is -3.74. The average Bonchev–Trinajstić information content (AvgIpc) is 3.60. The molecule has 0 spiro atoms. The maximum atomic E-state index is 12.6. The van der Waals surface area contributed by atoms with Crippen LogP contribution in [0.4, 0.5) is 5.69 Å². The van der Waals surface area contributed by atoms with Crippen molar-refractivity contribution in [2.75, 3.05) is 17.9 Å². The summed E-state index contributed by atoms with van der Waals surface area (Å²) in [6.07, 6.45) is 2.12. The van der Waals surface area contributed by atoms with Crippen LogP contribution in [0.2, 0.25) is 0 Å². The number of amides is 1. The molecule has 0 aromatic heterocycles. The molecule has 3 aromatic rings. The normalized spacial score (nSPS) is 14.4. The van der Waals surface area contributed by atoms with Crippen LogP contribution >= 0.6 is 0 Å². The molecule has 6 nitrogen and oxygen atoms in total. The third-order valence-electron chi connectivity index (χ3n) is 5.67. The summed E-state index contributed by atoms with van der Waals surface area (Å²) in [6, 6.07) is 22.9. The van der Waals surface area contributed by atoms with Gasteiger partial charge in [0.25, 0.3) is 15.9 Å². The lowest BCUT2D eigenvalue weighted by Gasteiger charge is -2.16. The Bertz CT molecular complexity index is 1170. The van der Waals surface area contributed by atoms with Crippen molar-refractivity contribution in [3.05, 3.63) is 90.0 Å². The van der Waals surface area contributed by atoms with Crippen LogP contribution in [0, 0.1) is 0 Å². The minimum Gasteiger partial charge on any atom is -0.494 e. The van der Waals surface area contributed by atoms with Crippen molar-refractivity contribution in [1.82, 2.24) is 5.32 Å². The molecule has 2 N–H and O–H groups in total. The lowest BCUT2D eigenvalue weighted by Crippen LogP contribution is -2.32. The van der Waals surface area contributed by atoms with Crippen LogP contribution in [0.5, 0.6) is 5.75 Å². The number of carbonyl (C=O) groups excluding carboxylic acids is 1. The van der Waals surface area contributed by atoms with Gasteiger partial charge in [0.05, 0.1) is 11.5 Å². The maximum Gasteiger partial charge on any atom is 0.261 e. The van der Waals surface area contributed by atoms with Gasteiger partial charge in [0.2, 0.25) is 0 Å². The smallest absolute Gasteiger partial charge is 0.261 e. The summed E-state index contributed by atoms with van der Waals surface area (Å²) in [6.45, 7) is 2.96. The first-order valence-corrected chi connectivity index (χ1v) is 12.1. The second-order valence-corrected chi connectivity index (χ2v) is 9.60. The minimum atomic E-state index is -3.74. The van der Waals surface area contributed by atoms with E-state index in [0.29, 0.717) is 30.2 Å². The zero-order chi connectivity index (χ0) is 22.6. The van der Waals surface area contributed by atoms with Crippen molar-refractivity contribution in [2.24, 2.45) is 0 Å². The van der Waals surface area contributed by atoms with Crippen molar-refractivity contribution < 1.29 is 17.9 Å². The molecule has 1 saturated carbocycles. The first kappa shape index (κ1) is 21.9. The highest BCUT2D eigenvalue weighted by atomic mass is 32.2. The predicted octanol–water partition coefficient (Wildman–Crippen LogP) is 4.35. The van der Waals surface area contributed by atoms with Gasteiger partial charge >= 0.3 is 0 Å². The molecule has 4 rings (SSSR count). The summed E-state index contributed by atoms with van der Waals surface area (Å²) in [5.74, 6) is 0.440. The highest BCUT2D eigenvalue weighted by Crippen LogP contribution is 2.47. The number of carbonyl (C=O) groups is 1. The first-order chi connectivity index (χ1) is 15.4. The van der Waals surface area contributed by atoms with Crippen LogP contribution in [0.15, 0.2) is 83.8 Å². The zero-order valence-electron chi connectivity index (χ0n) is 17.9. The van der Waals surface area contributed by atoms with E-state index in [4.69, 9.17) is 4.74 Å². The number of hydrogen-bond donors (Lipinski definition) is 2. The van der Waals surface area contributed by atoms with Gasteiger partial charge in [-0.15, -0.1) is 0 Å². The van der Waals surface area contributed by atoms with Crippen molar-refractivity contribution >= 4 is 21.6 Å². The average molecular weight is 451 g/mol. The van der Waals surface area contributed by atoms with Gasteiger partial charge in [-0.25, -0.2) is 8.42 Å².